The van der Waals surface area contributed by atoms with Crippen molar-refractivity contribution in [2.24, 2.45) is 10.9 Å². The molecule has 2 heterocycles. The summed E-state index contributed by atoms with van der Waals surface area (Å²) in [5, 5.41) is 0. The van der Waals surface area contributed by atoms with Crippen LogP contribution in [0.1, 0.15) is 33.6 Å². The lowest BCUT2D eigenvalue weighted by Gasteiger charge is -2.16. The molecule has 1 unspecified atom stereocenters. The Kier molecular flexibility index (Phi) is 2.96. The van der Waals surface area contributed by atoms with Crippen LogP contribution in [0.5, 0.6) is 0 Å². The summed E-state index contributed by atoms with van der Waals surface area (Å²) in [6, 6.07) is 0.478. The summed E-state index contributed by atoms with van der Waals surface area (Å²) in [6.45, 7) is 9.08. The van der Waals surface area contributed by atoms with Gasteiger partial charge in [-0.15, -0.1) is 0 Å². The summed E-state index contributed by atoms with van der Waals surface area (Å²) < 4.78 is 0. The minimum atomic E-state index is 0.478. The number of hydrogen-bond donors (Lipinski definition) is 0. The second-order valence-electron chi connectivity index (χ2n) is 5.25. The highest BCUT2D eigenvalue weighted by molar-refractivity contribution is 6.01. The molecule has 0 bridgehead atoms. The van der Waals surface area contributed by atoms with Crippen LogP contribution in [0.15, 0.2) is 16.1 Å². The van der Waals surface area contributed by atoms with Gasteiger partial charge in [-0.2, -0.15) is 0 Å². The average molecular weight is 206 g/mol. The molecule has 2 aliphatic rings. The molecule has 1 atom stereocenters. The smallest absolute Gasteiger partial charge is 0.0742 e. The molecule has 0 aromatic heterocycles. The van der Waals surface area contributed by atoms with E-state index in [9.17, 15) is 0 Å². The Labute approximate surface area is 93.1 Å². The van der Waals surface area contributed by atoms with E-state index in [0.29, 0.717) is 12.0 Å². The van der Waals surface area contributed by atoms with Gasteiger partial charge in [0.25, 0.3) is 0 Å². The maximum absolute atomic E-state index is 4.82. The molecule has 84 valence electrons. The highest BCUT2D eigenvalue weighted by atomic mass is 15.1. The molecular weight excluding hydrogens is 184 g/mol. The first-order valence-electron chi connectivity index (χ1n) is 6.05. The maximum Gasteiger partial charge on any atom is 0.0742 e. The molecule has 15 heavy (non-hydrogen) atoms. The summed E-state index contributed by atoms with van der Waals surface area (Å²) in [4.78, 5) is 7.25. The third-order valence-corrected chi connectivity index (χ3v) is 3.56. The minimum Gasteiger partial charge on any atom is -0.302 e. The van der Waals surface area contributed by atoms with Crippen molar-refractivity contribution in [1.82, 2.24) is 4.90 Å². The van der Waals surface area contributed by atoms with Gasteiger partial charge in [0.1, 0.15) is 0 Å². The second-order valence-corrected chi connectivity index (χ2v) is 5.25. The van der Waals surface area contributed by atoms with Gasteiger partial charge in [0.15, 0.2) is 0 Å². The van der Waals surface area contributed by atoms with E-state index in [2.05, 4.69) is 32.7 Å². The van der Waals surface area contributed by atoms with Crippen LogP contribution in [0.25, 0.3) is 0 Å². The largest absolute Gasteiger partial charge is 0.302 e. The molecule has 0 saturated carbocycles. The topological polar surface area (TPSA) is 15.6 Å². The van der Waals surface area contributed by atoms with Crippen molar-refractivity contribution >= 4 is 5.71 Å². The fourth-order valence-electron chi connectivity index (χ4n) is 2.73. The van der Waals surface area contributed by atoms with Gasteiger partial charge in [-0.05, 0) is 50.4 Å². The first kappa shape index (κ1) is 10.9. The van der Waals surface area contributed by atoms with Crippen molar-refractivity contribution in [1.29, 1.82) is 0 Å². The van der Waals surface area contributed by atoms with Gasteiger partial charge in [-0.25, -0.2) is 0 Å². The SMILES string of the molecule is CC1=NC(C(C)C)C2=C1CN(C)CCC2. The van der Waals surface area contributed by atoms with E-state index in [1.807, 2.05) is 0 Å². The van der Waals surface area contributed by atoms with Crippen LogP contribution < -0.4 is 0 Å². The Morgan fingerprint density at radius 1 is 1.40 bits per heavy atom. The van der Waals surface area contributed by atoms with E-state index in [0.717, 1.165) is 6.54 Å². The van der Waals surface area contributed by atoms with Crippen molar-refractivity contribution in [2.75, 3.05) is 20.1 Å². The molecule has 2 nitrogen and oxygen atoms in total. The third kappa shape index (κ3) is 2.00. The quantitative estimate of drug-likeness (QED) is 0.643. The molecule has 0 radical (unpaired) electrons. The zero-order valence-corrected chi connectivity index (χ0v) is 10.4. The molecule has 2 heteroatoms. The van der Waals surface area contributed by atoms with Gasteiger partial charge in [0, 0.05) is 12.3 Å². The van der Waals surface area contributed by atoms with E-state index in [-0.39, 0.29) is 0 Å². The number of rotatable bonds is 1. The number of hydrogen-bond acceptors (Lipinski definition) is 2. The summed E-state index contributed by atoms with van der Waals surface area (Å²) in [5.41, 5.74) is 4.46. The fraction of sp³-hybridized carbons (Fsp3) is 0.769. The van der Waals surface area contributed by atoms with Crippen LogP contribution in [-0.4, -0.2) is 36.8 Å². The lowest BCUT2D eigenvalue weighted by atomic mass is 9.92. The van der Waals surface area contributed by atoms with Crippen molar-refractivity contribution in [2.45, 2.75) is 39.7 Å². The molecule has 0 spiro atoms. The Morgan fingerprint density at radius 3 is 2.80 bits per heavy atom. The van der Waals surface area contributed by atoms with Gasteiger partial charge in [0.05, 0.1) is 6.04 Å². The Bertz CT molecular complexity index is 312. The highest BCUT2D eigenvalue weighted by Crippen LogP contribution is 2.32. The van der Waals surface area contributed by atoms with Crippen molar-refractivity contribution in [3.8, 4) is 0 Å². The van der Waals surface area contributed by atoms with Gasteiger partial charge in [-0.3, -0.25) is 4.99 Å². The average Bonchev–Trinajstić information content (AvgIpc) is 2.36. The molecule has 2 rings (SSSR count). The molecule has 2 aliphatic heterocycles. The van der Waals surface area contributed by atoms with Crippen LogP contribution in [-0.2, 0) is 0 Å². The normalized spacial score (nSPS) is 28.1. The standard InChI is InChI=1S/C13H22N2/c1-9(2)13-11-6-5-7-15(4)8-12(11)10(3)14-13/h9,13H,5-8H2,1-4H3. The summed E-state index contributed by atoms with van der Waals surface area (Å²) >= 11 is 0. The van der Waals surface area contributed by atoms with Crippen LogP contribution in [0.2, 0.25) is 0 Å². The van der Waals surface area contributed by atoms with Crippen LogP contribution >= 0.6 is 0 Å². The molecule has 0 aliphatic carbocycles. The van der Waals surface area contributed by atoms with Crippen LogP contribution in [0.4, 0.5) is 0 Å². The Hall–Kier alpha value is -0.630. The van der Waals surface area contributed by atoms with E-state index in [1.54, 1.807) is 5.57 Å². The van der Waals surface area contributed by atoms with Crippen molar-refractivity contribution < 1.29 is 0 Å². The second kappa shape index (κ2) is 4.09. The molecule has 0 amide bonds. The minimum absolute atomic E-state index is 0.478. The predicted octanol–water partition coefficient (Wildman–Crippen LogP) is 2.51. The lowest BCUT2D eigenvalue weighted by Crippen LogP contribution is -2.22. The Morgan fingerprint density at radius 2 is 2.13 bits per heavy atom. The first-order valence-corrected chi connectivity index (χ1v) is 6.05. The van der Waals surface area contributed by atoms with Gasteiger partial charge in [-0.1, -0.05) is 13.8 Å². The van der Waals surface area contributed by atoms with E-state index in [1.165, 1.54) is 30.7 Å². The summed E-state index contributed by atoms with van der Waals surface area (Å²) in [5.74, 6) is 0.649. The predicted molar refractivity (Wildman–Crippen MR) is 65.5 cm³/mol. The molecule has 0 saturated heterocycles. The summed E-state index contributed by atoms with van der Waals surface area (Å²) in [7, 11) is 2.21. The first-order chi connectivity index (χ1) is 7.09. The number of nitrogens with zero attached hydrogens (tertiary/aromatic N) is 2. The number of likely N-dealkylation sites (N-methyl/N-ethyl adjacent to an activating group) is 1. The molecule has 0 aromatic rings. The van der Waals surface area contributed by atoms with E-state index in [4.69, 9.17) is 4.99 Å². The summed E-state index contributed by atoms with van der Waals surface area (Å²) in [6.07, 6.45) is 2.55. The van der Waals surface area contributed by atoms with Crippen molar-refractivity contribution in [3.05, 3.63) is 11.1 Å². The molecular formula is C13H22N2. The molecule has 0 N–H and O–H groups in total. The number of aliphatic imine (C=N–C) groups is 1. The monoisotopic (exact) mass is 206 g/mol. The van der Waals surface area contributed by atoms with Crippen LogP contribution in [0, 0.1) is 5.92 Å². The lowest BCUT2D eigenvalue weighted by molar-refractivity contribution is 0.368. The maximum atomic E-state index is 4.82. The highest BCUT2D eigenvalue weighted by Gasteiger charge is 2.29. The van der Waals surface area contributed by atoms with Gasteiger partial charge in [0.2, 0.25) is 0 Å². The Balaban J connectivity index is 2.29. The third-order valence-electron chi connectivity index (χ3n) is 3.56. The van der Waals surface area contributed by atoms with E-state index < -0.39 is 0 Å². The zero-order valence-electron chi connectivity index (χ0n) is 10.4. The molecule has 0 fully saturated rings. The molecule has 0 aromatic carbocycles. The fourth-order valence-corrected chi connectivity index (χ4v) is 2.73. The van der Waals surface area contributed by atoms with E-state index >= 15 is 0 Å². The van der Waals surface area contributed by atoms with Gasteiger partial charge < -0.3 is 4.90 Å². The zero-order chi connectivity index (χ0) is 11.0. The van der Waals surface area contributed by atoms with Crippen LogP contribution in [0.3, 0.4) is 0 Å². The van der Waals surface area contributed by atoms with Gasteiger partial charge >= 0.3 is 0 Å². The van der Waals surface area contributed by atoms with Crippen molar-refractivity contribution in [3.63, 3.8) is 0 Å².